The number of halogens is 1. The van der Waals surface area contributed by atoms with Crippen LogP contribution in [0.3, 0.4) is 0 Å². The third-order valence-corrected chi connectivity index (χ3v) is 3.17. The highest BCUT2D eigenvalue weighted by molar-refractivity contribution is 5.92. The van der Waals surface area contributed by atoms with Crippen molar-refractivity contribution in [1.29, 1.82) is 0 Å². The van der Waals surface area contributed by atoms with Crippen molar-refractivity contribution in [2.75, 3.05) is 33.4 Å². The first-order valence-corrected chi connectivity index (χ1v) is 6.88. The number of nitrogens with zero attached hydrogens (tertiary/aromatic N) is 1. The number of aromatic hydroxyl groups is 1. The zero-order valence-corrected chi connectivity index (χ0v) is 13.6. The Balaban J connectivity index is 0.00000400. The van der Waals surface area contributed by atoms with Gasteiger partial charge in [-0.15, -0.1) is 12.4 Å². The van der Waals surface area contributed by atoms with Crippen LogP contribution in [0.2, 0.25) is 0 Å². The van der Waals surface area contributed by atoms with Gasteiger partial charge in [0.25, 0.3) is 0 Å². The lowest BCUT2D eigenvalue weighted by atomic mass is 10.2. The molecule has 1 rings (SSSR count). The maximum Gasteiger partial charge on any atom is 0.342 e. The van der Waals surface area contributed by atoms with E-state index in [9.17, 15) is 9.90 Å². The second-order valence-electron chi connectivity index (χ2n) is 4.40. The van der Waals surface area contributed by atoms with Gasteiger partial charge in [0.15, 0.2) is 0 Å². The van der Waals surface area contributed by atoms with Crippen molar-refractivity contribution < 1.29 is 19.4 Å². The van der Waals surface area contributed by atoms with Crippen LogP contribution in [0.4, 0.5) is 0 Å². The molecular weight excluding hydrogens is 294 g/mol. The lowest BCUT2D eigenvalue weighted by molar-refractivity contribution is 0.0486. The molecular formula is C15H24ClNO4. The molecule has 0 bridgehead atoms. The van der Waals surface area contributed by atoms with Crippen LogP contribution < -0.4 is 4.74 Å². The van der Waals surface area contributed by atoms with Crippen molar-refractivity contribution in [3.8, 4) is 11.5 Å². The summed E-state index contributed by atoms with van der Waals surface area (Å²) in [5, 5.41) is 9.66. The molecule has 0 aliphatic heterocycles. The molecule has 0 atom stereocenters. The van der Waals surface area contributed by atoms with Gasteiger partial charge in [-0.1, -0.05) is 13.8 Å². The van der Waals surface area contributed by atoms with E-state index in [0.29, 0.717) is 12.4 Å². The first-order chi connectivity index (χ1) is 9.62. The van der Waals surface area contributed by atoms with Crippen LogP contribution in [0, 0.1) is 0 Å². The molecule has 120 valence electrons. The van der Waals surface area contributed by atoms with Gasteiger partial charge in [0, 0.05) is 6.54 Å². The summed E-state index contributed by atoms with van der Waals surface area (Å²) in [5.74, 6) is -0.113. The lowest BCUT2D eigenvalue weighted by Crippen LogP contribution is -2.25. The summed E-state index contributed by atoms with van der Waals surface area (Å²) < 4.78 is 10.2. The minimum atomic E-state index is -0.527. The zero-order chi connectivity index (χ0) is 15.0. The number of hydrogen-bond donors (Lipinski definition) is 1. The predicted octanol–water partition coefficient (Wildman–Crippen LogP) is 2.71. The standard InChI is InChI=1S/C15H23NO4.ClH/c1-4-16(5-2)9-6-10-20-15(18)13-11-12(19-3)7-8-14(13)17;/h7-8,11,17H,4-6,9-10H2,1-3H3;1H. The smallest absolute Gasteiger partial charge is 0.342 e. The number of benzene rings is 1. The summed E-state index contributed by atoms with van der Waals surface area (Å²) in [4.78, 5) is 14.1. The van der Waals surface area contributed by atoms with Crippen LogP contribution in [0.5, 0.6) is 11.5 Å². The molecule has 21 heavy (non-hydrogen) atoms. The van der Waals surface area contributed by atoms with E-state index < -0.39 is 5.97 Å². The highest BCUT2D eigenvalue weighted by Crippen LogP contribution is 2.23. The Morgan fingerprint density at radius 2 is 1.95 bits per heavy atom. The number of carbonyl (C=O) groups excluding carboxylic acids is 1. The number of rotatable bonds is 8. The Morgan fingerprint density at radius 1 is 1.29 bits per heavy atom. The summed E-state index contributed by atoms with van der Waals surface area (Å²) in [6.07, 6.45) is 0.776. The molecule has 6 heteroatoms. The molecule has 0 aliphatic carbocycles. The molecule has 0 aliphatic rings. The summed E-state index contributed by atoms with van der Waals surface area (Å²) in [5.41, 5.74) is 0.132. The van der Waals surface area contributed by atoms with Crippen molar-refractivity contribution in [3.05, 3.63) is 23.8 Å². The average molecular weight is 318 g/mol. The second-order valence-corrected chi connectivity index (χ2v) is 4.40. The molecule has 0 spiro atoms. The summed E-state index contributed by atoms with van der Waals surface area (Å²) in [6.45, 7) is 7.41. The number of esters is 1. The average Bonchev–Trinajstić information content (AvgIpc) is 2.47. The SMILES string of the molecule is CCN(CC)CCCOC(=O)c1cc(OC)ccc1O.Cl. The fraction of sp³-hybridized carbons (Fsp3) is 0.533. The zero-order valence-electron chi connectivity index (χ0n) is 12.8. The van der Waals surface area contributed by atoms with Crippen LogP contribution in [-0.2, 0) is 4.74 Å². The highest BCUT2D eigenvalue weighted by Gasteiger charge is 2.13. The Labute approximate surface area is 132 Å². The number of carbonyl (C=O) groups is 1. The third-order valence-electron chi connectivity index (χ3n) is 3.17. The van der Waals surface area contributed by atoms with Gasteiger partial charge in [0.2, 0.25) is 0 Å². The van der Waals surface area contributed by atoms with Crippen LogP contribution in [0.1, 0.15) is 30.6 Å². The monoisotopic (exact) mass is 317 g/mol. The molecule has 1 aromatic rings. The van der Waals surface area contributed by atoms with E-state index in [2.05, 4.69) is 18.7 Å². The minimum absolute atomic E-state index is 0. The number of hydrogen-bond acceptors (Lipinski definition) is 5. The van der Waals surface area contributed by atoms with Crippen molar-refractivity contribution in [2.45, 2.75) is 20.3 Å². The molecule has 0 heterocycles. The maximum absolute atomic E-state index is 11.9. The van der Waals surface area contributed by atoms with Crippen molar-refractivity contribution in [1.82, 2.24) is 4.90 Å². The maximum atomic E-state index is 11.9. The normalized spacial score (nSPS) is 10.1. The molecule has 1 N–H and O–H groups in total. The van der Waals surface area contributed by atoms with Crippen LogP contribution in [-0.4, -0.2) is 49.3 Å². The van der Waals surface area contributed by atoms with Gasteiger partial charge < -0.3 is 19.5 Å². The van der Waals surface area contributed by atoms with Gasteiger partial charge in [-0.3, -0.25) is 0 Å². The molecule has 5 nitrogen and oxygen atoms in total. The number of ether oxygens (including phenoxy) is 2. The van der Waals surface area contributed by atoms with E-state index in [4.69, 9.17) is 9.47 Å². The number of phenols is 1. The van der Waals surface area contributed by atoms with Gasteiger partial charge in [0.05, 0.1) is 13.7 Å². The first-order valence-electron chi connectivity index (χ1n) is 6.88. The van der Waals surface area contributed by atoms with Gasteiger partial charge >= 0.3 is 5.97 Å². The molecule has 0 unspecified atom stereocenters. The molecule has 0 amide bonds. The summed E-state index contributed by atoms with van der Waals surface area (Å²) >= 11 is 0. The molecule has 1 aromatic carbocycles. The van der Waals surface area contributed by atoms with E-state index in [0.717, 1.165) is 26.1 Å². The van der Waals surface area contributed by atoms with Gasteiger partial charge in [-0.25, -0.2) is 4.79 Å². The second kappa shape index (κ2) is 10.3. The van der Waals surface area contributed by atoms with Crippen LogP contribution >= 0.6 is 12.4 Å². The van der Waals surface area contributed by atoms with Crippen LogP contribution in [0.15, 0.2) is 18.2 Å². The fourth-order valence-electron chi connectivity index (χ4n) is 1.88. The van der Waals surface area contributed by atoms with Crippen molar-refractivity contribution in [3.63, 3.8) is 0 Å². The quantitative estimate of drug-likeness (QED) is 0.590. The predicted molar refractivity (Wildman–Crippen MR) is 84.6 cm³/mol. The van der Waals surface area contributed by atoms with E-state index in [1.807, 2.05) is 0 Å². The van der Waals surface area contributed by atoms with Crippen molar-refractivity contribution >= 4 is 18.4 Å². The number of methoxy groups -OCH3 is 1. The Kier molecular flexibility index (Phi) is 9.58. The summed E-state index contributed by atoms with van der Waals surface area (Å²) in [7, 11) is 1.51. The first kappa shape index (κ1) is 19.5. The van der Waals surface area contributed by atoms with E-state index >= 15 is 0 Å². The highest BCUT2D eigenvalue weighted by atomic mass is 35.5. The molecule has 0 saturated carbocycles. The van der Waals surface area contributed by atoms with E-state index in [1.165, 1.54) is 19.2 Å². The third kappa shape index (κ3) is 6.23. The molecule has 0 radical (unpaired) electrons. The van der Waals surface area contributed by atoms with Gasteiger partial charge in [-0.05, 0) is 37.7 Å². The Morgan fingerprint density at radius 3 is 2.52 bits per heavy atom. The lowest BCUT2D eigenvalue weighted by Gasteiger charge is -2.17. The molecule has 0 aromatic heterocycles. The van der Waals surface area contributed by atoms with E-state index in [-0.39, 0.29) is 23.7 Å². The largest absolute Gasteiger partial charge is 0.507 e. The van der Waals surface area contributed by atoms with Gasteiger partial charge in [0.1, 0.15) is 17.1 Å². The van der Waals surface area contributed by atoms with Gasteiger partial charge in [-0.2, -0.15) is 0 Å². The van der Waals surface area contributed by atoms with Crippen LogP contribution in [0.25, 0.3) is 0 Å². The van der Waals surface area contributed by atoms with E-state index in [1.54, 1.807) is 6.07 Å². The molecule has 0 saturated heterocycles. The topological polar surface area (TPSA) is 59.0 Å². The Hall–Kier alpha value is -1.46. The summed E-state index contributed by atoms with van der Waals surface area (Å²) in [6, 6.07) is 4.49. The fourth-order valence-corrected chi connectivity index (χ4v) is 1.88. The Bertz CT molecular complexity index is 436. The minimum Gasteiger partial charge on any atom is -0.507 e. The van der Waals surface area contributed by atoms with Crippen molar-refractivity contribution in [2.24, 2.45) is 0 Å². The molecule has 0 fully saturated rings. The number of phenolic OH excluding ortho intramolecular Hbond substituents is 1.